The number of hydrogen-bond acceptors (Lipinski definition) is 3. The molecule has 0 aliphatic rings. The van der Waals surface area contributed by atoms with E-state index in [1.807, 2.05) is 18.0 Å². The van der Waals surface area contributed by atoms with Gasteiger partial charge in [-0.25, -0.2) is 4.98 Å². The molecule has 0 radical (unpaired) electrons. The number of pyridine rings is 1. The second-order valence-electron chi connectivity index (χ2n) is 4.06. The number of nitrogens with one attached hydrogen (secondary N) is 1. The van der Waals surface area contributed by atoms with Crippen LogP contribution in [0.25, 0.3) is 0 Å². The Kier molecular flexibility index (Phi) is 7.16. The molecule has 0 aliphatic heterocycles. The average Bonchev–Trinajstić information content (AvgIpc) is 2.36. The van der Waals surface area contributed by atoms with Crippen molar-refractivity contribution in [1.29, 1.82) is 0 Å². The molecule has 0 amide bonds. The highest BCUT2D eigenvalue weighted by atomic mass is 79.9. The summed E-state index contributed by atoms with van der Waals surface area (Å²) in [5.74, 6) is 0. The number of halogens is 1. The van der Waals surface area contributed by atoms with Crippen LogP contribution in [0.2, 0.25) is 0 Å². The van der Waals surface area contributed by atoms with Crippen molar-refractivity contribution in [3.63, 3.8) is 0 Å². The van der Waals surface area contributed by atoms with Crippen molar-refractivity contribution in [3.8, 4) is 0 Å². The van der Waals surface area contributed by atoms with Crippen LogP contribution in [0.4, 0.5) is 0 Å². The number of nitrogens with zero attached hydrogens (tertiary/aromatic N) is 1. The van der Waals surface area contributed by atoms with E-state index in [0.29, 0.717) is 11.3 Å². The number of thioether (sulfide) groups is 1. The van der Waals surface area contributed by atoms with E-state index in [4.69, 9.17) is 0 Å². The van der Waals surface area contributed by atoms with E-state index in [9.17, 15) is 0 Å². The van der Waals surface area contributed by atoms with Crippen molar-refractivity contribution in [3.05, 3.63) is 22.8 Å². The first kappa shape index (κ1) is 15.0. The Labute approximate surface area is 117 Å². The lowest BCUT2D eigenvalue weighted by atomic mass is 10.1. The fraction of sp³-hybridized carbons (Fsp3) is 0.615. The van der Waals surface area contributed by atoms with E-state index < -0.39 is 0 Å². The molecule has 0 bridgehead atoms. The average molecular weight is 317 g/mol. The van der Waals surface area contributed by atoms with Gasteiger partial charge in [0.1, 0.15) is 0 Å². The Balaban J connectivity index is 2.64. The molecule has 2 atom stereocenters. The van der Waals surface area contributed by atoms with Crippen LogP contribution in [0.15, 0.2) is 27.8 Å². The summed E-state index contributed by atoms with van der Waals surface area (Å²) in [5, 5.41) is 5.13. The molecule has 4 heteroatoms. The summed E-state index contributed by atoms with van der Waals surface area (Å²) in [4.78, 5) is 4.43. The summed E-state index contributed by atoms with van der Waals surface area (Å²) in [7, 11) is 2.05. The zero-order valence-electron chi connectivity index (χ0n) is 10.7. The van der Waals surface area contributed by atoms with Gasteiger partial charge < -0.3 is 5.32 Å². The molecule has 0 saturated carbocycles. The van der Waals surface area contributed by atoms with E-state index >= 15 is 0 Å². The van der Waals surface area contributed by atoms with Gasteiger partial charge in [0.2, 0.25) is 0 Å². The number of aromatic nitrogens is 1. The molecule has 0 aromatic carbocycles. The Morgan fingerprint density at radius 1 is 1.41 bits per heavy atom. The minimum atomic E-state index is 0.570. The second-order valence-corrected chi connectivity index (χ2v) is 6.24. The van der Waals surface area contributed by atoms with Crippen LogP contribution in [0.3, 0.4) is 0 Å². The summed E-state index contributed by atoms with van der Waals surface area (Å²) in [6, 6.07) is 4.70. The van der Waals surface area contributed by atoms with Gasteiger partial charge >= 0.3 is 0 Å². The summed E-state index contributed by atoms with van der Waals surface area (Å²) >= 11 is 5.29. The molecule has 0 spiro atoms. The zero-order valence-corrected chi connectivity index (χ0v) is 13.1. The maximum Gasteiger partial charge on any atom is 0.0963 e. The van der Waals surface area contributed by atoms with E-state index in [0.717, 1.165) is 15.9 Å². The molecule has 1 aromatic heterocycles. The van der Waals surface area contributed by atoms with Crippen LogP contribution in [0.1, 0.15) is 33.1 Å². The van der Waals surface area contributed by atoms with Crippen LogP contribution in [-0.2, 0) is 0 Å². The zero-order chi connectivity index (χ0) is 12.7. The largest absolute Gasteiger partial charge is 0.316 e. The molecule has 1 rings (SSSR count). The molecule has 0 fully saturated rings. The highest BCUT2D eigenvalue weighted by molar-refractivity contribution is 9.10. The highest BCUT2D eigenvalue weighted by Gasteiger charge is 2.19. The molecule has 0 saturated heterocycles. The minimum Gasteiger partial charge on any atom is -0.316 e. The van der Waals surface area contributed by atoms with Crippen molar-refractivity contribution < 1.29 is 0 Å². The van der Waals surface area contributed by atoms with Crippen molar-refractivity contribution in [2.45, 2.75) is 49.4 Å². The summed E-state index contributed by atoms with van der Waals surface area (Å²) in [5.41, 5.74) is 0. The maximum atomic E-state index is 4.43. The highest BCUT2D eigenvalue weighted by Crippen LogP contribution is 2.28. The van der Waals surface area contributed by atoms with Gasteiger partial charge in [0.05, 0.1) is 5.03 Å². The molecule has 1 N–H and O–H groups in total. The Bertz CT molecular complexity index is 316. The Morgan fingerprint density at radius 3 is 2.65 bits per heavy atom. The molecular weight excluding hydrogens is 296 g/mol. The predicted octanol–water partition coefficient (Wildman–Crippen LogP) is 4.10. The minimum absolute atomic E-state index is 0.570. The lowest BCUT2D eigenvalue weighted by molar-refractivity contribution is 0.490. The van der Waals surface area contributed by atoms with E-state index in [2.05, 4.69) is 59.3 Å². The lowest BCUT2D eigenvalue weighted by Gasteiger charge is -2.24. The van der Waals surface area contributed by atoms with Crippen molar-refractivity contribution >= 4 is 27.7 Å². The number of rotatable bonds is 7. The SMILES string of the molecule is CCCC(NC)C(CC)Sc1ccc(Br)cn1. The predicted molar refractivity (Wildman–Crippen MR) is 79.6 cm³/mol. The molecule has 2 nitrogen and oxygen atoms in total. The van der Waals surface area contributed by atoms with Crippen molar-refractivity contribution in [1.82, 2.24) is 10.3 Å². The third-order valence-corrected chi connectivity index (χ3v) is 4.71. The van der Waals surface area contributed by atoms with Crippen LogP contribution in [0.5, 0.6) is 0 Å². The van der Waals surface area contributed by atoms with Crippen LogP contribution >= 0.6 is 27.7 Å². The first-order valence-electron chi connectivity index (χ1n) is 6.16. The summed E-state index contributed by atoms with van der Waals surface area (Å²) in [6.07, 6.45) is 5.46. The van der Waals surface area contributed by atoms with Crippen LogP contribution < -0.4 is 5.32 Å². The molecule has 1 aromatic rings. The van der Waals surface area contributed by atoms with Gasteiger partial charge in [-0.2, -0.15) is 0 Å². The monoisotopic (exact) mass is 316 g/mol. The molecule has 2 unspecified atom stereocenters. The van der Waals surface area contributed by atoms with Gasteiger partial charge in [-0.15, -0.1) is 11.8 Å². The fourth-order valence-electron chi connectivity index (χ4n) is 1.86. The van der Waals surface area contributed by atoms with E-state index in [1.165, 1.54) is 12.8 Å². The third-order valence-electron chi connectivity index (χ3n) is 2.79. The van der Waals surface area contributed by atoms with Crippen molar-refractivity contribution in [2.75, 3.05) is 7.05 Å². The smallest absolute Gasteiger partial charge is 0.0963 e. The van der Waals surface area contributed by atoms with Crippen molar-refractivity contribution in [2.24, 2.45) is 0 Å². The summed E-state index contributed by atoms with van der Waals surface area (Å²) in [6.45, 7) is 4.48. The van der Waals surface area contributed by atoms with Gasteiger partial charge in [-0.1, -0.05) is 20.3 Å². The molecule has 17 heavy (non-hydrogen) atoms. The maximum absolute atomic E-state index is 4.43. The topological polar surface area (TPSA) is 24.9 Å². The first-order chi connectivity index (χ1) is 8.21. The standard InChI is InChI=1S/C13H21BrN2S/c1-4-6-11(15-3)12(5-2)17-13-8-7-10(14)9-16-13/h7-9,11-12,15H,4-6H2,1-3H3. The lowest BCUT2D eigenvalue weighted by Crippen LogP contribution is -2.35. The Morgan fingerprint density at radius 2 is 2.18 bits per heavy atom. The third kappa shape index (κ3) is 4.98. The fourth-order valence-corrected chi connectivity index (χ4v) is 3.27. The van der Waals surface area contributed by atoms with Gasteiger partial charge in [0.15, 0.2) is 0 Å². The second kappa shape index (κ2) is 8.11. The normalized spacial score (nSPS) is 14.6. The first-order valence-corrected chi connectivity index (χ1v) is 7.84. The molecule has 1 heterocycles. The van der Waals surface area contributed by atoms with Crippen LogP contribution in [0, 0.1) is 0 Å². The van der Waals surface area contributed by atoms with Gasteiger partial charge in [-0.05, 0) is 48.0 Å². The van der Waals surface area contributed by atoms with Crippen LogP contribution in [-0.4, -0.2) is 23.3 Å². The van der Waals surface area contributed by atoms with E-state index in [1.54, 1.807) is 0 Å². The van der Waals surface area contributed by atoms with Gasteiger partial charge in [0, 0.05) is 22.0 Å². The Hall–Kier alpha value is -0.0600. The molecule has 96 valence electrons. The van der Waals surface area contributed by atoms with Gasteiger partial charge in [-0.3, -0.25) is 0 Å². The molecular formula is C13H21BrN2S. The number of hydrogen-bond donors (Lipinski definition) is 1. The quantitative estimate of drug-likeness (QED) is 0.766. The van der Waals surface area contributed by atoms with E-state index in [-0.39, 0.29) is 0 Å². The van der Waals surface area contributed by atoms with Gasteiger partial charge in [0.25, 0.3) is 0 Å². The molecule has 0 aliphatic carbocycles. The summed E-state index contributed by atoms with van der Waals surface area (Å²) < 4.78 is 1.04.